The minimum atomic E-state index is -0.0478. The topological polar surface area (TPSA) is 44.3 Å². The van der Waals surface area contributed by atoms with Crippen LogP contribution in [0, 0.1) is 0 Å². The molecule has 0 saturated heterocycles. The third-order valence-corrected chi connectivity index (χ3v) is 1.27. The molecule has 0 saturated carbocycles. The Kier molecular flexibility index (Phi) is 2.36. The van der Waals surface area contributed by atoms with E-state index in [1.54, 1.807) is 29.1 Å². The molecule has 1 rings (SSSR count). The van der Waals surface area contributed by atoms with Gasteiger partial charge in [-0.1, -0.05) is 0 Å². The second-order valence-corrected chi connectivity index (χ2v) is 2.03. The summed E-state index contributed by atoms with van der Waals surface area (Å²) in [6.45, 7) is -0.0331. The predicted octanol–water partition coefficient (Wildman–Crippen LogP) is -0.584. The van der Waals surface area contributed by atoms with E-state index in [-0.39, 0.29) is 13.3 Å². The van der Waals surface area contributed by atoms with E-state index in [4.69, 9.17) is 10.2 Å². The van der Waals surface area contributed by atoms with E-state index in [2.05, 4.69) is 0 Å². The Morgan fingerprint density at radius 2 is 2.20 bits per heavy atom. The van der Waals surface area contributed by atoms with Crippen molar-refractivity contribution in [1.82, 2.24) is 0 Å². The maximum atomic E-state index is 8.66. The fraction of sp³-hybridized carbons (Fsp3) is 0.286. The second kappa shape index (κ2) is 3.29. The van der Waals surface area contributed by atoms with Crippen molar-refractivity contribution in [3.63, 3.8) is 0 Å². The van der Waals surface area contributed by atoms with Gasteiger partial charge >= 0.3 is 0 Å². The molecule has 0 bridgehead atoms. The molecule has 0 aromatic carbocycles. The van der Waals surface area contributed by atoms with Crippen LogP contribution in [0.5, 0.6) is 0 Å². The fourth-order valence-electron chi connectivity index (χ4n) is 0.758. The fourth-order valence-corrected chi connectivity index (χ4v) is 0.758. The third-order valence-electron chi connectivity index (χ3n) is 1.27. The van der Waals surface area contributed by atoms with E-state index in [1.807, 2.05) is 0 Å². The first-order valence-corrected chi connectivity index (χ1v) is 3.06. The van der Waals surface area contributed by atoms with E-state index in [9.17, 15) is 0 Å². The van der Waals surface area contributed by atoms with Crippen LogP contribution in [0.25, 0.3) is 0 Å². The number of hydrogen-bond donors (Lipinski definition) is 2. The number of nitrogens with zero attached hydrogens (tertiary/aromatic N) is 1. The van der Waals surface area contributed by atoms with Crippen molar-refractivity contribution in [3.8, 4) is 0 Å². The Morgan fingerprint density at radius 3 is 2.80 bits per heavy atom. The van der Waals surface area contributed by atoms with E-state index >= 15 is 0 Å². The summed E-state index contributed by atoms with van der Waals surface area (Å²) in [4.78, 5) is 0. The van der Waals surface area contributed by atoms with Gasteiger partial charge in [-0.05, 0) is 6.07 Å². The molecular formula is C7H10NO2+. The Labute approximate surface area is 59.2 Å². The van der Waals surface area contributed by atoms with Gasteiger partial charge in [-0.15, -0.1) is 0 Å². The molecule has 1 aromatic rings. The van der Waals surface area contributed by atoms with Gasteiger partial charge in [0.15, 0.2) is 12.4 Å². The summed E-state index contributed by atoms with van der Waals surface area (Å²) in [5, 5.41) is 17.3. The molecule has 3 heteroatoms. The highest BCUT2D eigenvalue weighted by Gasteiger charge is 1.97. The molecule has 0 unspecified atom stereocenters. The number of hydrogen-bond acceptors (Lipinski definition) is 2. The lowest BCUT2D eigenvalue weighted by Gasteiger charge is -1.92. The van der Waals surface area contributed by atoms with Gasteiger partial charge in [0.2, 0.25) is 6.73 Å². The van der Waals surface area contributed by atoms with Crippen LogP contribution in [0.15, 0.2) is 24.5 Å². The van der Waals surface area contributed by atoms with Gasteiger partial charge < -0.3 is 10.2 Å². The lowest BCUT2D eigenvalue weighted by molar-refractivity contribution is -0.730. The summed E-state index contributed by atoms with van der Waals surface area (Å²) in [6, 6.07) is 3.58. The quantitative estimate of drug-likeness (QED) is 0.540. The molecule has 54 valence electrons. The highest BCUT2D eigenvalue weighted by Crippen LogP contribution is 1.91. The van der Waals surface area contributed by atoms with Crippen LogP contribution in [0.1, 0.15) is 5.56 Å². The van der Waals surface area contributed by atoms with Crippen molar-refractivity contribution < 1.29 is 14.8 Å². The first kappa shape index (κ1) is 7.18. The number of aliphatic hydroxyl groups is 2. The van der Waals surface area contributed by atoms with Crippen molar-refractivity contribution >= 4 is 0 Å². The third kappa shape index (κ3) is 1.52. The summed E-state index contributed by atoms with van der Waals surface area (Å²) < 4.78 is 1.59. The largest absolute Gasteiger partial charge is 0.391 e. The molecule has 10 heavy (non-hydrogen) atoms. The zero-order valence-electron chi connectivity index (χ0n) is 5.57. The minimum Gasteiger partial charge on any atom is -0.391 e. The maximum absolute atomic E-state index is 8.66. The van der Waals surface area contributed by atoms with Crippen LogP contribution in [-0.4, -0.2) is 10.2 Å². The van der Waals surface area contributed by atoms with Gasteiger partial charge in [-0.2, -0.15) is 4.57 Å². The summed E-state index contributed by atoms with van der Waals surface area (Å²) in [6.07, 6.45) is 3.43. The van der Waals surface area contributed by atoms with E-state index < -0.39 is 0 Å². The highest BCUT2D eigenvalue weighted by atomic mass is 16.3. The monoisotopic (exact) mass is 140 g/mol. The van der Waals surface area contributed by atoms with Gasteiger partial charge in [-0.25, -0.2) is 0 Å². The van der Waals surface area contributed by atoms with Gasteiger partial charge in [-0.3, -0.25) is 0 Å². The van der Waals surface area contributed by atoms with Crippen molar-refractivity contribution in [1.29, 1.82) is 0 Å². The van der Waals surface area contributed by atoms with Gasteiger partial charge in [0.1, 0.15) is 0 Å². The van der Waals surface area contributed by atoms with Crippen molar-refractivity contribution in [2.75, 3.05) is 0 Å². The van der Waals surface area contributed by atoms with Crippen LogP contribution in [-0.2, 0) is 13.3 Å². The average molecular weight is 140 g/mol. The smallest absolute Gasteiger partial charge is 0.250 e. The summed E-state index contributed by atoms with van der Waals surface area (Å²) in [5.41, 5.74) is 0.802. The van der Waals surface area contributed by atoms with E-state index in [1.165, 1.54) is 0 Å². The average Bonchev–Trinajstić information content (AvgIpc) is 2.05. The van der Waals surface area contributed by atoms with Crippen LogP contribution in [0.4, 0.5) is 0 Å². The Balaban J connectivity index is 2.87. The number of aromatic nitrogens is 1. The summed E-state index contributed by atoms with van der Waals surface area (Å²) in [5.74, 6) is 0. The summed E-state index contributed by atoms with van der Waals surface area (Å²) in [7, 11) is 0. The molecule has 0 fully saturated rings. The lowest BCUT2D eigenvalue weighted by Crippen LogP contribution is -2.32. The van der Waals surface area contributed by atoms with E-state index in [0.717, 1.165) is 5.56 Å². The normalized spacial score (nSPS) is 9.80. The molecule has 0 aliphatic heterocycles. The molecule has 0 spiro atoms. The first-order valence-electron chi connectivity index (χ1n) is 3.06. The number of rotatable bonds is 2. The number of aliphatic hydroxyl groups excluding tert-OH is 2. The zero-order valence-corrected chi connectivity index (χ0v) is 5.57. The molecule has 0 amide bonds. The van der Waals surface area contributed by atoms with Crippen LogP contribution in [0.2, 0.25) is 0 Å². The molecule has 1 heterocycles. The van der Waals surface area contributed by atoms with Crippen LogP contribution in [0.3, 0.4) is 0 Å². The first-order chi connectivity index (χ1) is 4.86. The Morgan fingerprint density at radius 1 is 1.40 bits per heavy atom. The molecule has 0 aliphatic rings. The number of pyridine rings is 1. The Bertz CT molecular complexity index is 193. The molecule has 3 nitrogen and oxygen atoms in total. The van der Waals surface area contributed by atoms with Crippen molar-refractivity contribution in [2.45, 2.75) is 13.3 Å². The molecular weight excluding hydrogens is 130 g/mol. The summed E-state index contributed by atoms with van der Waals surface area (Å²) >= 11 is 0. The second-order valence-electron chi connectivity index (χ2n) is 2.03. The molecule has 1 aromatic heterocycles. The van der Waals surface area contributed by atoms with Crippen LogP contribution >= 0.6 is 0 Å². The SMILES string of the molecule is OCc1ccc[n+](CO)c1. The Hall–Kier alpha value is -0.930. The highest BCUT2D eigenvalue weighted by molar-refractivity contribution is 5.02. The zero-order chi connectivity index (χ0) is 7.40. The van der Waals surface area contributed by atoms with Crippen LogP contribution < -0.4 is 4.57 Å². The molecule has 0 atom stereocenters. The minimum absolute atomic E-state index is 0.0147. The van der Waals surface area contributed by atoms with E-state index in [0.29, 0.717) is 0 Å². The molecule has 0 radical (unpaired) electrons. The van der Waals surface area contributed by atoms with Gasteiger partial charge in [0, 0.05) is 11.6 Å². The molecule has 0 aliphatic carbocycles. The molecule has 2 N–H and O–H groups in total. The van der Waals surface area contributed by atoms with Crippen molar-refractivity contribution in [2.24, 2.45) is 0 Å². The standard InChI is InChI=1S/C7H10NO2/c9-5-7-2-1-3-8(4-7)6-10/h1-4,9-10H,5-6H2/q+1. The predicted molar refractivity (Wildman–Crippen MR) is 34.8 cm³/mol. The maximum Gasteiger partial charge on any atom is 0.250 e. The van der Waals surface area contributed by atoms with Gasteiger partial charge in [0.05, 0.1) is 6.61 Å². The van der Waals surface area contributed by atoms with Gasteiger partial charge in [0.25, 0.3) is 0 Å². The lowest BCUT2D eigenvalue weighted by atomic mass is 10.3. The van der Waals surface area contributed by atoms with Crippen molar-refractivity contribution in [3.05, 3.63) is 30.1 Å².